The maximum atomic E-state index is 11.6. The number of carbonyl (C=O) groups is 1. The van der Waals surface area contributed by atoms with Crippen LogP contribution < -0.4 is 24.3 Å². The largest absolute Gasteiger partial charge is 0.496 e. The van der Waals surface area contributed by atoms with E-state index in [2.05, 4.69) is 5.32 Å². The summed E-state index contributed by atoms with van der Waals surface area (Å²) in [7, 11) is 4.77. The summed E-state index contributed by atoms with van der Waals surface area (Å²) in [6.45, 7) is 2.00. The maximum absolute atomic E-state index is 11.6. The Morgan fingerprint density at radius 1 is 0.964 bits per heavy atom. The van der Waals surface area contributed by atoms with Crippen LogP contribution in [0.25, 0.3) is 22.2 Å². The first kappa shape index (κ1) is 17.9. The molecular formula is C21H20N2O5. The summed E-state index contributed by atoms with van der Waals surface area (Å²) in [5.41, 5.74) is 3.96. The molecular weight excluding hydrogens is 360 g/mol. The second kappa shape index (κ2) is 6.92. The van der Waals surface area contributed by atoms with Gasteiger partial charge in [0.15, 0.2) is 18.1 Å². The number of aryl methyl sites for hydroxylation is 1. The van der Waals surface area contributed by atoms with Gasteiger partial charge in [0.2, 0.25) is 0 Å². The molecule has 144 valence electrons. The Bertz CT molecular complexity index is 1090. The topological polar surface area (TPSA) is 78.9 Å². The summed E-state index contributed by atoms with van der Waals surface area (Å²) in [6.07, 6.45) is 0. The van der Waals surface area contributed by atoms with E-state index in [4.69, 9.17) is 23.9 Å². The lowest BCUT2D eigenvalue weighted by Crippen LogP contribution is -2.25. The molecule has 0 bridgehead atoms. The molecule has 1 N–H and O–H groups in total. The fourth-order valence-electron chi connectivity index (χ4n) is 3.34. The summed E-state index contributed by atoms with van der Waals surface area (Å²) in [4.78, 5) is 16.4. The average Bonchev–Trinajstić information content (AvgIpc) is 2.71. The molecule has 0 fully saturated rings. The maximum Gasteiger partial charge on any atom is 0.262 e. The van der Waals surface area contributed by atoms with Crippen molar-refractivity contribution in [2.45, 2.75) is 6.92 Å². The average molecular weight is 380 g/mol. The fraction of sp³-hybridized carbons (Fsp3) is 0.238. The van der Waals surface area contributed by atoms with E-state index in [1.54, 1.807) is 27.4 Å². The van der Waals surface area contributed by atoms with Gasteiger partial charge in [0.1, 0.15) is 11.5 Å². The minimum Gasteiger partial charge on any atom is -0.496 e. The Morgan fingerprint density at radius 3 is 2.39 bits per heavy atom. The lowest BCUT2D eigenvalue weighted by atomic mass is 10.0. The first-order valence-electron chi connectivity index (χ1n) is 8.72. The predicted octanol–water partition coefficient (Wildman–Crippen LogP) is 3.57. The van der Waals surface area contributed by atoms with Gasteiger partial charge < -0.3 is 24.3 Å². The summed E-state index contributed by atoms with van der Waals surface area (Å²) in [6, 6.07) is 9.33. The van der Waals surface area contributed by atoms with Gasteiger partial charge in [-0.3, -0.25) is 4.79 Å². The fourth-order valence-corrected chi connectivity index (χ4v) is 3.34. The number of ether oxygens (including phenoxy) is 4. The molecule has 4 rings (SSSR count). The molecule has 7 nitrogen and oxygen atoms in total. The minimum atomic E-state index is -0.163. The SMILES string of the molecule is COc1cc(OC)c(-c2cc(C)c3cc4c(cc3n2)OCC(=O)N4)cc1OC. The summed E-state index contributed by atoms with van der Waals surface area (Å²) in [5.74, 6) is 2.25. The Kier molecular flexibility index (Phi) is 4.43. The number of nitrogens with one attached hydrogen (secondary N) is 1. The number of carbonyl (C=O) groups excluding carboxylic acids is 1. The number of pyridine rings is 1. The molecule has 2 aromatic carbocycles. The van der Waals surface area contributed by atoms with Crippen LogP contribution in [0.1, 0.15) is 5.56 Å². The van der Waals surface area contributed by atoms with Crippen molar-refractivity contribution >= 4 is 22.5 Å². The smallest absolute Gasteiger partial charge is 0.262 e. The van der Waals surface area contributed by atoms with E-state index in [1.807, 2.05) is 31.2 Å². The van der Waals surface area contributed by atoms with Crippen LogP contribution in [0.5, 0.6) is 23.0 Å². The third-order valence-corrected chi connectivity index (χ3v) is 4.73. The van der Waals surface area contributed by atoms with Crippen LogP contribution in [0, 0.1) is 6.92 Å². The summed E-state index contributed by atoms with van der Waals surface area (Å²) >= 11 is 0. The van der Waals surface area contributed by atoms with E-state index >= 15 is 0 Å². The molecule has 3 aromatic rings. The van der Waals surface area contributed by atoms with Crippen LogP contribution in [-0.2, 0) is 4.79 Å². The second-order valence-corrected chi connectivity index (χ2v) is 6.43. The molecule has 0 saturated heterocycles. The van der Waals surface area contributed by atoms with Gasteiger partial charge >= 0.3 is 0 Å². The molecule has 0 unspecified atom stereocenters. The molecule has 0 aliphatic carbocycles. The molecule has 0 radical (unpaired) electrons. The lowest BCUT2D eigenvalue weighted by Gasteiger charge is -2.19. The van der Waals surface area contributed by atoms with Gasteiger partial charge in [-0.2, -0.15) is 0 Å². The Morgan fingerprint density at radius 2 is 1.68 bits per heavy atom. The first-order chi connectivity index (χ1) is 13.5. The Labute approximate surface area is 162 Å². The highest BCUT2D eigenvalue weighted by Crippen LogP contribution is 2.41. The standard InChI is InChI=1S/C21H20N2O5/c1-11-5-14(13-7-19(26-3)20(27-4)9-17(13)25-2)22-15-8-18-16(6-12(11)15)23-21(24)10-28-18/h5-9H,10H2,1-4H3,(H,23,24). The van der Waals surface area contributed by atoms with Gasteiger partial charge in [-0.15, -0.1) is 0 Å². The number of anilines is 1. The third kappa shape index (κ3) is 2.94. The quantitative estimate of drug-likeness (QED) is 0.746. The van der Waals surface area contributed by atoms with E-state index in [1.165, 1.54) is 0 Å². The normalized spacial score (nSPS) is 12.8. The summed E-state index contributed by atoms with van der Waals surface area (Å²) in [5, 5.41) is 3.77. The van der Waals surface area contributed by atoms with E-state index in [0.717, 1.165) is 27.7 Å². The van der Waals surface area contributed by atoms with E-state index in [0.29, 0.717) is 28.7 Å². The Balaban J connectivity index is 1.90. The predicted molar refractivity (Wildman–Crippen MR) is 106 cm³/mol. The van der Waals surface area contributed by atoms with E-state index in [-0.39, 0.29) is 12.5 Å². The van der Waals surface area contributed by atoms with Crippen molar-refractivity contribution in [3.05, 3.63) is 35.9 Å². The monoisotopic (exact) mass is 380 g/mol. The molecule has 0 saturated carbocycles. The second-order valence-electron chi connectivity index (χ2n) is 6.43. The number of fused-ring (bicyclic) bond motifs is 2. The highest BCUT2D eigenvalue weighted by atomic mass is 16.5. The van der Waals surface area contributed by atoms with Crippen LogP contribution in [0.2, 0.25) is 0 Å². The molecule has 2 heterocycles. The molecule has 7 heteroatoms. The number of hydrogen-bond donors (Lipinski definition) is 1. The van der Waals surface area contributed by atoms with Crippen molar-refractivity contribution in [2.75, 3.05) is 33.3 Å². The first-order valence-corrected chi connectivity index (χ1v) is 8.72. The number of amides is 1. The third-order valence-electron chi connectivity index (χ3n) is 4.73. The van der Waals surface area contributed by atoms with Gasteiger partial charge in [0.25, 0.3) is 5.91 Å². The zero-order chi connectivity index (χ0) is 19.8. The molecule has 0 atom stereocenters. The number of hydrogen-bond acceptors (Lipinski definition) is 6. The van der Waals surface area contributed by atoms with E-state index < -0.39 is 0 Å². The molecule has 1 aromatic heterocycles. The molecule has 1 aliphatic rings. The van der Waals surface area contributed by atoms with Gasteiger partial charge in [0, 0.05) is 23.1 Å². The number of rotatable bonds is 4. The number of aromatic nitrogens is 1. The van der Waals surface area contributed by atoms with Crippen LogP contribution in [0.15, 0.2) is 30.3 Å². The van der Waals surface area contributed by atoms with E-state index in [9.17, 15) is 4.79 Å². The van der Waals surface area contributed by atoms with Gasteiger partial charge in [-0.05, 0) is 30.7 Å². The Hall–Kier alpha value is -3.48. The molecule has 1 aliphatic heterocycles. The molecule has 0 spiro atoms. The van der Waals surface area contributed by atoms with Gasteiger partial charge in [0.05, 0.1) is 38.2 Å². The highest BCUT2D eigenvalue weighted by Gasteiger charge is 2.20. The number of benzene rings is 2. The minimum absolute atomic E-state index is 0.000676. The van der Waals surface area contributed by atoms with Crippen LogP contribution in [0.3, 0.4) is 0 Å². The number of nitrogens with zero attached hydrogens (tertiary/aromatic N) is 1. The van der Waals surface area contributed by atoms with Crippen molar-refractivity contribution in [3.63, 3.8) is 0 Å². The number of methoxy groups -OCH3 is 3. The zero-order valence-electron chi connectivity index (χ0n) is 16.1. The van der Waals surface area contributed by atoms with Crippen molar-refractivity contribution in [3.8, 4) is 34.3 Å². The van der Waals surface area contributed by atoms with Crippen LogP contribution in [0.4, 0.5) is 5.69 Å². The van der Waals surface area contributed by atoms with Gasteiger partial charge in [-0.1, -0.05) is 0 Å². The van der Waals surface area contributed by atoms with Crippen LogP contribution in [-0.4, -0.2) is 38.8 Å². The van der Waals surface area contributed by atoms with Crippen molar-refractivity contribution in [2.24, 2.45) is 0 Å². The molecule has 28 heavy (non-hydrogen) atoms. The highest BCUT2D eigenvalue weighted by molar-refractivity contribution is 6.00. The lowest BCUT2D eigenvalue weighted by molar-refractivity contribution is -0.118. The van der Waals surface area contributed by atoms with Crippen LogP contribution >= 0.6 is 0 Å². The molecule has 1 amide bonds. The zero-order valence-corrected chi connectivity index (χ0v) is 16.1. The summed E-state index contributed by atoms with van der Waals surface area (Å²) < 4.78 is 21.9. The van der Waals surface area contributed by atoms with Gasteiger partial charge in [-0.25, -0.2) is 4.98 Å². The van der Waals surface area contributed by atoms with Crippen molar-refractivity contribution < 1.29 is 23.7 Å². The van der Waals surface area contributed by atoms with Crippen molar-refractivity contribution in [1.29, 1.82) is 0 Å². The van der Waals surface area contributed by atoms with Crippen molar-refractivity contribution in [1.82, 2.24) is 4.98 Å².